The fourth-order valence-corrected chi connectivity index (χ4v) is 11.4. The zero-order valence-electron chi connectivity index (χ0n) is 28.4. The second-order valence-electron chi connectivity index (χ2n) is 13.8. The molecule has 12 rings (SSSR count). The van der Waals surface area contributed by atoms with Crippen LogP contribution in [0.5, 0.6) is 23.1 Å². The number of hydrogen-bond acceptors (Lipinski definition) is 8. The Kier molecular flexibility index (Phi) is 6.25. The van der Waals surface area contributed by atoms with Crippen LogP contribution in [-0.2, 0) is 10.8 Å². The Labute approximate surface area is 319 Å². The lowest BCUT2D eigenvalue weighted by Gasteiger charge is -2.45. The first-order valence-corrected chi connectivity index (χ1v) is 19.4. The van der Waals surface area contributed by atoms with E-state index in [9.17, 15) is 0 Å². The molecule has 0 N–H and O–H groups in total. The summed E-state index contributed by atoms with van der Waals surface area (Å²) in [6.07, 6.45) is 7.13. The highest BCUT2D eigenvalue weighted by atomic mass is 32.2. The van der Waals surface area contributed by atoms with E-state index in [1.807, 2.05) is 48.4 Å². The fraction of sp³-hybridized carbons (Fsp3) is 0.0435. The number of hydrogen-bond donors (Lipinski definition) is 0. The maximum Gasteiger partial charge on any atom is 0.227 e. The lowest BCUT2D eigenvalue weighted by atomic mass is 9.62. The fourth-order valence-electron chi connectivity index (χ4n) is 9.15. The lowest BCUT2D eigenvalue weighted by Crippen LogP contribution is -2.37. The van der Waals surface area contributed by atoms with Gasteiger partial charge < -0.3 is 9.47 Å². The predicted molar refractivity (Wildman–Crippen MR) is 208 cm³/mol. The summed E-state index contributed by atoms with van der Waals surface area (Å²) >= 11 is 3.54. The van der Waals surface area contributed by atoms with Gasteiger partial charge in [-0.2, -0.15) is 0 Å². The number of aromatic nitrogens is 4. The van der Waals surface area contributed by atoms with Crippen molar-refractivity contribution in [1.29, 1.82) is 0 Å². The number of rotatable bonds is 1. The van der Waals surface area contributed by atoms with E-state index in [2.05, 4.69) is 124 Å². The molecule has 4 aliphatic rings. The highest BCUT2D eigenvalue weighted by Crippen LogP contribution is 2.63. The first kappa shape index (κ1) is 30.3. The predicted octanol–water partition coefficient (Wildman–Crippen LogP) is 10.8. The molecule has 0 amide bonds. The van der Waals surface area contributed by atoms with Gasteiger partial charge in [0.2, 0.25) is 5.88 Å². The minimum Gasteiger partial charge on any atom is -0.457 e. The standard InChI is InChI=1S/C46H26N4O2S2/c1-5-13-37-29(9-1)45(30-10-2-6-14-38(30)52-43-35(45)23-47-25-49-43)33-21-27(17-19-39(33)51-37)28-18-20-42-34(22-28)46(31-11-3-7-15-40(31)53-42)32-12-4-8-16-41(32)54-44-36(46)24-48-26-50-44/h1-26H. The van der Waals surface area contributed by atoms with Gasteiger partial charge in [-0.3, -0.25) is 0 Å². The van der Waals surface area contributed by atoms with Crippen molar-refractivity contribution in [1.82, 2.24) is 19.9 Å². The van der Waals surface area contributed by atoms with Crippen LogP contribution in [0, 0.1) is 0 Å². The van der Waals surface area contributed by atoms with E-state index in [1.54, 1.807) is 24.4 Å². The van der Waals surface area contributed by atoms with E-state index < -0.39 is 10.8 Å². The Balaban J connectivity index is 1.14. The maximum atomic E-state index is 6.72. The number of fused-ring (bicyclic) bond motifs is 16. The normalized spacial score (nSPS) is 19.0. The van der Waals surface area contributed by atoms with E-state index in [0.717, 1.165) is 61.2 Å². The van der Waals surface area contributed by atoms with Gasteiger partial charge in [-0.25, -0.2) is 19.9 Å². The minimum absolute atomic E-state index is 0.540. The van der Waals surface area contributed by atoms with Gasteiger partial charge in [-0.05, 0) is 76.3 Å². The molecule has 2 aromatic heterocycles. The average molecular weight is 731 g/mol. The largest absolute Gasteiger partial charge is 0.457 e. The van der Waals surface area contributed by atoms with Crippen LogP contribution in [-0.4, -0.2) is 19.9 Å². The molecule has 6 heterocycles. The quantitative estimate of drug-likeness (QED) is 0.155. The van der Waals surface area contributed by atoms with E-state index in [4.69, 9.17) is 14.5 Å². The van der Waals surface area contributed by atoms with Crippen LogP contribution in [0.4, 0.5) is 0 Å². The van der Waals surface area contributed by atoms with Crippen molar-refractivity contribution in [2.75, 3.05) is 0 Å². The maximum absolute atomic E-state index is 6.72. The van der Waals surface area contributed by atoms with Gasteiger partial charge in [0, 0.05) is 49.3 Å². The molecular weight excluding hydrogens is 705 g/mol. The summed E-state index contributed by atoms with van der Waals surface area (Å²) in [4.78, 5) is 22.4. The Morgan fingerprint density at radius 1 is 0.407 bits per heavy atom. The number of ether oxygens (including phenoxy) is 2. The molecule has 0 fully saturated rings. The van der Waals surface area contributed by atoms with Crippen LogP contribution in [0.2, 0.25) is 0 Å². The molecule has 2 spiro atoms. The van der Waals surface area contributed by atoms with E-state index in [1.165, 1.54) is 31.4 Å². The zero-order valence-corrected chi connectivity index (χ0v) is 30.1. The van der Waals surface area contributed by atoms with Gasteiger partial charge in [0.05, 0.1) is 16.4 Å². The molecule has 54 heavy (non-hydrogen) atoms. The van der Waals surface area contributed by atoms with Crippen LogP contribution in [0.1, 0.15) is 44.5 Å². The summed E-state index contributed by atoms with van der Waals surface area (Å²) in [5.41, 5.74) is 9.51. The van der Waals surface area contributed by atoms with Gasteiger partial charge in [0.1, 0.15) is 34.9 Å². The zero-order chi connectivity index (χ0) is 35.4. The molecule has 6 aromatic carbocycles. The summed E-state index contributed by atoms with van der Waals surface area (Å²) in [5.74, 6) is 2.88. The van der Waals surface area contributed by atoms with Crippen LogP contribution in [0.25, 0.3) is 11.1 Å². The second-order valence-corrected chi connectivity index (χ2v) is 15.9. The topological polar surface area (TPSA) is 70.0 Å². The molecule has 8 aromatic rings. The minimum atomic E-state index is -0.786. The molecule has 0 saturated carbocycles. The summed E-state index contributed by atoms with van der Waals surface area (Å²) in [5, 5.41) is 0.979. The lowest BCUT2D eigenvalue weighted by molar-refractivity contribution is 0.388. The van der Waals surface area contributed by atoms with Crippen molar-refractivity contribution in [3.63, 3.8) is 0 Å². The number of para-hydroxylation sites is 2. The van der Waals surface area contributed by atoms with Crippen molar-refractivity contribution in [2.24, 2.45) is 0 Å². The van der Waals surface area contributed by atoms with E-state index in [-0.39, 0.29) is 0 Å². The highest BCUT2D eigenvalue weighted by Gasteiger charge is 2.52. The molecule has 0 radical (unpaired) electrons. The van der Waals surface area contributed by atoms with Gasteiger partial charge in [0.15, 0.2) is 0 Å². The first-order chi connectivity index (χ1) is 26.7. The Morgan fingerprint density at radius 3 is 1.70 bits per heavy atom. The monoisotopic (exact) mass is 730 g/mol. The smallest absolute Gasteiger partial charge is 0.227 e. The Bertz CT molecular complexity index is 2490. The summed E-state index contributed by atoms with van der Waals surface area (Å²) in [6, 6.07) is 47.6. The van der Waals surface area contributed by atoms with Crippen molar-refractivity contribution in [2.45, 2.75) is 30.5 Å². The summed E-state index contributed by atoms with van der Waals surface area (Å²) in [7, 11) is 0. The third-order valence-corrected chi connectivity index (χ3v) is 13.5. The third-order valence-electron chi connectivity index (χ3n) is 11.3. The van der Waals surface area contributed by atoms with Crippen LogP contribution < -0.4 is 9.47 Å². The van der Waals surface area contributed by atoms with Crippen molar-refractivity contribution in [3.05, 3.63) is 203 Å². The average Bonchev–Trinajstić information content (AvgIpc) is 3.23. The molecule has 2 unspecified atom stereocenters. The molecule has 0 aliphatic carbocycles. The second kappa shape index (κ2) is 11.1. The Hall–Kier alpha value is -6.22. The van der Waals surface area contributed by atoms with Crippen molar-refractivity contribution >= 4 is 23.5 Å². The van der Waals surface area contributed by atoms with Gasteiger partial charge >= 0.3 is 0 Å². The molecule has 4 aliphatic heterocycles. The summed E-state index contributed by atoms with van der Waals surface area (Å²) in [6.45, 7) is 0. The number of nitrogens with zero attached hydrogens (tertiary/aromatic N) is 4. The van der Waals surface area contributed by atoms with Crippen LogP contribution >= 0.6 is 23.5 Å². The number of benzene rings is 6. The molecule has 0 bridgehead atoms. The molecule has 2 atom stereocenters. The van der Waals surface area contributed by atoms with Gasteiger partial charge in [-0.1, -0.05) is 108 Å². The van der Waals surface area contributed by atoms with Gasteiger partial charge in [0.25, 0.3) is 0 Å². The van der Waals surface area contributed by atoms with Gasteiger partial charge in [-0.15, -0.1) is 0 Å². The summed E-state index contributed by atoms with van der Waals surface area (Å²) < 4.78 is 13.2. The molecule has 8 heteroatoms. The van der Waals surface area contributed by atoms with Crippen molar-refractivity contribution < 1.29 is 9.47 Å². The highest BCUT2D eigenvalue weighted by molar-refractivity contribution is 7.99. The molecular formula is C46H26N4O2S2. The third kappa shape index (κ3) is 3.88. The van der Waals surface area contributed by atoms with E-state index >= 15 is 0 Å². The Morgan fingerprint density at radius 2 is 0.944 bits per heavy atom. The SMILES string of the molecule is c1ccc2c(c1)Oc1ccc(-c3ccc4c(c3)C3(c5ccccc5S4)c4ccccc4Sc4ncncc43)cc1C21c2ccccc2Oc2ncncc21. The van der Waals surface area contributed by atoms with Crippen LogP contribution in [0.15, 0.2) is 178 Å². The van der Waals surface area contributed by atoms with Crippen molar-refractivity contribution in [3.8, 4) is 34.3 Å². The van der Waals surface area contributed by atoms with Crippen LogP contribution in [0.3, 0.4) is 0 Å². The first-order valence-electron chi connectivity index (χ1n) is 17.7. The van der Waals surface area contributed by atoms with E-state index in [0.29, 0.717) is 5.88 Å². The molecule has 6 nitrogen and oxygen atoms in total. The molecule has 0 saturated heterocycles. The molecule has 254 valence electrons.